The van der Waals surface area contributed by atoms with Crippen LogP contribution >= 0.6 is 12.6 Å². The van der Waals surface area contributed by atoms with Crippen molar-refractivity contribution in [1.29, 1.82) is 0 Å². The minimum Gasteiger partial charge on any atom is -0.260 e. The van der Waals surface area contributed by atoms with Crippen LogP contribution in [0.1, 0.15) is 17.4 Å². The summed E-state index contributed by atoms with van der Waals surface area (Å²) in [7, 11) is 0.463. The minimum atomic E-state index is -1.21. The molecule has 0 aliphatic rings. The zero-order valence-corrected chi connectivity index (χ0v) is 11.5. The van der Waals surface area contributed by atoms with Gasteiger partial charge in [-0.15, -0.1) is 0 Å². The van der Waals surface area contributed by atoms with Crippen molar-refractivity contribution in [2.45, 2.75) is 16.8 Å². The summed E-state index contributed by atoms with van der Waals surface area (Å²) in [6.07, 6.45) is 2.38. The van der Waals surface area contributed by atoms with E-state index in [0.29, 0.717) is 17.3 Å². The molecule has 8 heteroatoms. The lowest BCUT2D eigenvalue weighted by Crippen LogP contribution is -2.08. The van der Waals surface area contributed by atoms with Crippen LogP contribution in [0.15, 0.2) is 29.6 Å². The number of aromatic nitrogens is 5. The number of hydrogen-bond acceptors (Lipinski definition) is 6. The van der Waals surface area contributed by atoms with Crippen molar-refractivity contribution in [3.8, 4) is 0 Å². The Morgan fingerprint density at radius 1 is 1.50 bits per heavy atom. The summed E-state index contributed by atoms with van der Waals surface area (Å²) in [5, 5.41) is 11.2. The van der Waals surface area contributed by atoms with Gasteiger partial charge in [0.2, 0.25) is 5.16 Å². The van der Waals surface area contributed by atoms with Gasteiger partial charge in [0, 0.05) is 24.2 Å². The van der Waals surface area contributed by atoms with E-state index in [2.05, 4.69) is 33.1 Å². The van der Waals surface area contributed by atoms with Gasteiger partial charge in [0.1, 0.15) is 0 Å². The fraction of sp³-hybridized carbons (Fsp3) is 0.400. The van der Waals surface area contributed by atoms with E-state index in [0.717, 1.165) is 5.69 Å². The van der Waals surface area contributed by atoms with Crippen LogP contribution in [0.2, 0.25) is 0 Å². The Morgan fingerprint density at radius 2 is 2.33 bits per heavy atom. The van der Waals surface area contributed by atoms with Crippen molar-refractivity contribution in [2.24, 2.45) is 7.05 Å². The molecule has 2 aromatic rings. The topological polar surface area (TPSA) is 73.6 Å². The van der Waals surface area contributed by atoms with E-state index in [9.17, 15) is 4.21 Å². The molecule has 6 nitrogen and oxygen atoms in total. The quantitative estimate of drug-likeness (QED) is 0.821. The Kier molecular flexibility index (Phi) is 4.43. The van der Waals surface area contributed by atoms with Crippen LogP contribution in [0.25, 0.3) is 0 Å². The van der Waals surface area contributed by atoms with Crippen LogP contribution < -0.4 is 0 Å². The highest BCUT2D eigenvalue weighted by Crippen LogP contribution is 2.22. The molecular formula is C10H13N5OS2. The number of rotatable bonds is 5. The van der Waals surface area contributed by atoms with Gasteiger partial charge in [-0.1, -0.05) is 11.2 Å². The van der Waals surface area contributed by atoms with Crippen LogP contribution in [0.4, 0.5) is 0 Å². The molecule has 0 saturated heterocycles. The van der Waals surface area contributed by atoms with E-state index in [1.807, 2.05) is 18.2 Å². The molecule has 0 aliphatic carbocycles. The average molecular weight is 283 g/mol. The van der Waals surface area contributed by atoms with E-state index >= 15 is 0 Å². The van der Waals surface area contributed by atoms with E-state index < -0.39 is 10.8 Å². The highest BCUT2D eigenvalue weighted by atomic mass is 32.2. The van der Waals surface area contributed by atoms with Gasteiger partial charge in [0.05, 0.1) is 16.5 Å². The number of tetrazole rings is 1. The number of pyridine rings is 1. The van der Waals surface area contributed by atoms with Crippen molar-refractivity contribution >= 4 is 23.4 Å². The predicted octanol–water partition coefficient (Wildman–Crippen LogP) is 0.774. The summed E-state index contributed by atoms with van der Waals surface area (Å²) < 4.78 is 13.4. The summed E-state index contributed by atoms with van der Waals surface area (Å²) in [4.78, 5) is 4.22. The van der Waals surface area contributed by atoms with Gasteiger partial charge in [-0.25, -0.2) is 4.68 Å². The Balaban J connectivity index is 1.93. The molecule has 0 radical (unpaired) electrons. The number of aryl methyl sites for hydroxylation is 1. The monoisotopic (exact) mass is 283 g/mol. The largest absolute Gasteiger partial charge is 0.260 e. The number of nitrogens with zero attached hydrogens (tertiary/aromatic N) is 5. The Labute approximate surface area is 113 Å². The molecule has 0 N–H and O–H groups in total. The summed E-state index contributed by atoms with van der Waals surface area (Å²) in [6, 6.07) is 5.67. The molecule has 0 aliphatic heterocycles. The molecular weight excluding hydrogens is 270 g/mol. The first-order chi connectivity index (χ1) is 8.68. The SMILES string of the molecule is Cn1nnnc1S(=O)CCC(S)c1ccccn1. The first-order valence-corrected chi connectivity index (χ1v) is 7.21. The molecule has 2 rings (SSSR count). The third kappa shape index (κ3) is 3.14. The van der Waals surface area contributed by atoms with E-state index in [1.165, 1.54) is 4.68 Å². The first kappa shape index (κ1) is 13.2. The zero-order chi connectivity index (χ0) is 13.0. The van der Waals surface area contributed by atoms with E-state index in [4.69, 9.17) is 0 Å². The van der Waals surface area contributed by atoms with Crippen molar-refractivity contribution in [1.82, 2.24) is 25.2 Å². The maximum atomic E-state index is 12.0. The minimum absolute atomic E-state index is 0.0312. The van der Waals surface area contributed by atoms with Crippen LogP contribution in [-0.4, -0.2) is 35.2 Å². The van der Waals surface area contributed by atoms with E-state index in [-0.39, 0.29) is 5.25 Å². The fourth-order valence-corrected chi connectivity index (χ4v) is 2.99. The molecule has 2 heterocycles. The molecule has 0 spiro atoms. The maximum absolute atomic E-state index is 12.0. The van der Waals surface area contributed by atoms with Gasteiger partial charge in [-0.3, -0.25) is 9.19 Å². The van der Waals surface area contributed by atoms with Crippen LogP contribution in [-0.2, 0) is 17.8 Å². The third-order valence-electron chi connectivity index (χ3n) is 2.39. The Hall–Kier alpha value is -1.28. The smallest absolute Gasteiger partial charge is 0.239 e. The molecule has 96 valence electrons. The lowest BCUT2D eigenvalue weighted by Gasteiger charge is -2.08. The molecule has 2 aromatic heterocycles. The summed E-state index contributed by atoms with van der Waals surface area (Å²) in [6.45, 7) is 0. The standard InChI is InChI=1S/C10H13N5OS2/c1-15-10(12-13-14-15)18(16)7-5-9(17)8-4-2-3-6-11-8/h2-4,6,9,17H,5,7H2,1H3. The molecule has 2 atom stereocenters. The van der Waals surface area contributed by atoms with Crippen molar-refractivity contribution in [3.63, 3.8) is 0 Å². The average Bonchev–Trinajstić information content (AvgIpc) is 2.83. The fourth-order valence-electron chi connectivity index (χ4n) is 1.45. The highest BCUT2D eigenvalue weighted by molar-refractivity contribution is 7.85. The first-order valence-electron chi connectivity index (χ1n) is 5.38. The normalized spacial score (nSPS) is 14.3. The van der Waals surface area contributed by atoms with Crippen molar-refractivity contribution in [2.75, 3.05) is 5.75 Å². The molecule has 0 fully saturated rings. The van der Waals surface area contributed by atoms with Crippen molar-refractivity contribution < 1.29 is 4.21 Å². The van der Waals surface area contributed by atoms with Crippen LogP contribution in [0.3, 0.4) is 0 Å². The third-order valence-corrected chi connectivity index (χ3v) is 4.27. The van der Waals surface area contributed by atoms with Crippen LogP contribution in [0.5, 0.6) is 0 Å². The number of thiol groups is 1. The number of hydrogen-bond donors (Lipinski definition) is 1. The Morgan fingerprint density at radius 3 is 2.94 bits per heavy atom. The summed E-state index contributed by atoms with van der Waals surface area (Å²) in [5.41, 5.74) is 0.883. The molecule has 0 saturated carbocycles. The predicted molar refractivity (Wildman–Crippen MR) is 70.7 cm³/mol. The zero-order valence-electron chi connectivity index (χ0n) is 9.80. The van der Waals surface area contributed by atoms with E-state index in [1.54, 1.807) is 13.2 Å². The highest BCUT2D eigenvalue weighted by Gasteiger charge is 2.14. The second kappa shape index (κ2) is 6.05. The van der Waals surface area contributed by atoms with Gasteiger partial charge in [0.15, 0.2) is 0 Å². The van der Waals surface area contributed by atoms with Gasteiger partial charge >= 0.3 is 0 Å². The second-order valence-corrected chi connectivity index (χ2v) is 5.78. The molecule has 0 amide bonds. The summed E-state index contributed by atoms with van der Waals surface area (Å²) in [5.74, 6) is 0.457. The molecule has 0 bridgehead atoms. The van der Waals surface area contributed by atoms with Gasteiger partial charge in [-0.05, 0) is 29.0 Å². The second-order valence-electron chi connectivity index (χ2n) is 3.69. The van der Waals surface area contributed by atoms with Crippen LogP contribution in [0, 0.1) is 0 Å². The van der Waals surface area contributed by atoms with Gasteiger partial charge < -0.3 is 0 Å². The van der Waals surface area contributed by atoms with Gasteiger partial charge in [0.25, 0.3) is 0 Å². The molecule has 18 heavy (non-hydrogen) atoms. The Bertz CT molecular complexity index is 530. The lowest BCUT2D eigenvalue weighted by atomic mass is 10.2. The summed E-state index contributed by atoms with van der Waals surface area (Å²) >= 11 is 4.46. The maximum Gasteiger partial charge on any atom is 0.239 e. The lowest BCUT2D eigenvalue weighted by molar-refractivity contribution is 0.633. The molecule has 0 aromatic carbocycles. The molecule has 2 unspecified atom stereocenters. The van der Waals surface area contributed by atoms with Gasteiger partial charge in [-0.2, -0.15) is 12.6 Å². The van der Waals surface area contributed by atoms with Crippen molar-refractivity contribution in [3.05, 3.63) is 30.1 Å².